The van der Waals surface area contributed by atoms with E-state index in [9.17, 15) is 9.50 Å². The van der Waals surface area contributed by atoms with E-state index in [-0.39, 0.29) is 5.82 Å². The highest BCUT2D eigenvalue weighted by molar-refractivity contribution is 5.18. The van der Waals surface area contributed by atoms with E-state index >= 15 is 0 Å². The molecule has 0 amide bonds. The van der Waals surface area contributed by atoms with Crippen LogP contribution in [0.3, 0.4) is 0 Å². The van der Waals surface area contributed by atoms with E-state index in [1.54, 1.807) is 12.1 Å². The molecule has 0 radical (unpaired) electrons. The minimum Gasteiger partial charge on any atom is -0.392 e. The molecule has 1 atom stereocenters. The maximum Gasteiger partial charge on any atom is 0.127 e. The van der Waals surface area contributed by atoms with Crippen LogP contribution in [0.1, 0.15) is 24.0 Å². The van der Waals surface area contributed by atoms with Crippen molar-refractivity contribution < 1.29 is 9.50 Å². The number of benzene rings is 2. The molecule has 0 saturated heterocycles. The van der Waals surface area contributed by atoms with Crippen LogP contribution in [0.25, 0.3) is 0 Å². The lowest BCUT2D eigenvalue weighted by atomic mass is 10.1. The molecule has 2 aromatic carbocycles. The summed E-state index contributed by atoms with van der Waals surface area (Å²) in [6, 6.07) is 16.9. The minimum atomic E-state index is -0.441. The van der Waals surface area contributed by atoms with Gasteiger partial charge < -0.3 is 5.11 Å². The third-order valence-corrected chi connectivity index (χ3v) is 3.77. The van der Waals surface area contributed by atoms with Crippen LogP contribution in [-0.2, 0) is 13.1 Å². The monoisotopic (exact) mass is 313 g/mol. The van der Waals surface area contributed by atoms with Crippen molar-refractivity contribution in [2.24, 2.45) is 0 Å². The Hall–Kier alpha value is -1.97. The van der Waals surface area contributed by atoms with Gasteiger partial charge in [-0.25, -0.2) is 4.39 Å². The van der Waals surface area contributed by atoms with Crippen molar-refractivity contribution in [2.45, 2.75) is 32.0 Å². The van der Waals surface area contributed by atoms with Crippen molar-refractivity contribution in [3.05, 3.63) is 84.2 Å². The van der Waals surface area contributed by atoms with E-state index in [0.29, 0.717) is 31.6 Å². The van der Waals surface area contributed by atoms with Gasteiger partial charge in [0.25, 0.3) is 0 Å². The van der Waals surface area contributed by atoms with Crippen LogP contribution in [0.2, 0.25) is 0 Å². The highest BCUT2D eigenvalue weighted by atomic mass is 19.1. The molecule has 0 heterocycles. The van der Waals surface area contributed by atoms with E-state index in [1.807, 2.05) is 42.5 Å². The second-order valence-electron chi connectivity index (χ2n) is 5.77. The highest BCUT2D eigenvalue weighted by Gasteiger charge is 2.14. The average Bonchev–Trinajstić information content (AvgIpc) is 2.56. The molecule has 0 fully saturated rings. The van der Waals surface area contributed by atoms with Gasteiger partial charge in [0.2, 0.25) is 0 Å². The zero-order chi connectivity index (χ0) is 16.5. The third kappa shape index (κ3) is 5.97. The van der Waals surface area contributed by atoms with Gasteiger partial charge in [0, 0.05) is 25.2 Å². The van der Waals surface area contributed by atoms with Crippen LogP contribution >= 0.6 is 0 Å². The molecule has 0 bridgehead atoms. The summed E-state index contributed by atoms with van der Waals surface area (Å²) in [6.45, 7) is 5.36. The minimum absolute atomic E-state index is 0.203. The van der Waals surface area contributed by atoms with Crippen LogP contribution in [0.5, 0.6) is 0 Å². The SMILES string of the molecule is C=CCC[C@H](O)CN(Cc1ccccc1)Cc1ccccc1F. The normalized spacial score (nSPS) is 12.3. The molecular weight excluding hydrogens is 289 g/mol. The van der Waals surface area contributed by atoms with Gasteiger partial charge >= 0.3 is 0 Å². The first-order valence-corrected chi connectivity index (χ1v) is 7.97. The Kier molecular flexibility index (Phi) is 6.98. The van der Waals surface area contributed by atoms with Gasteiger partial charge in [0.15, 0.2) is 0 Å². The Morgan fingerprint density at radius 3 is 2.43 bits per heavy atom. The molecule has 2 rings (SSSR count). The highest BCUT2D eigenvalue weighted by Crippen LogP contribution is 2.14. The number of allylic oxidation sites excluding steroid dienone is 1. The number of hydrogen-bond acceptors (Lipinski definition) is 2. The predicted octanol–water partition coefficient (Wildman–Crippen LogP) is 4.16. The first kappa shape index (κ1) is 17.4. The largest absolute Gasteiger partial charge is 0.392 e. The lowest BCUT2D eigenvalue weighted by Gasteiger charge is -2.25. The van der Waals surface area contributed by atoms with E-state index < -0.39 is 6.10 Å². The van der Waals surface area contributed by atoms with Crippen LogP contribution in [0, 0.1) is 5.82 Å². The maximum atomic E-state index is 13.9. The van der Waals surface area contributed by atoms with Gasteiger partial charge in [-0.2, -0.15) is 0 Å². The summed E-state index contributed by atoms with van der Waals surface area (Å²) in [7, 11) is 0. The van der Waals surface area contributed by atoms with Crippen LogP contribution in [-0.4, -0.2) is 22.7 Å². The lowest BCUT2D eigenvalue weighted by Crippen LogP contribution is -2.32. The van der Waals surface area contributed by atoms with Gasteiger partial charge in [-0.05, 0) is 24.5 Å². The zero-order valence-corrected chi connectivity index (χ0v) is 13.4. The zero-order valence-electron chi connectivity index (χ0n) is 13.4. The van der Waals surface area contributed by atoms with Crippen LogP contribution in [0.4, 0.5) is 4.39 Å². The fourth-order valence-corrected chi connectivity index (χ4v) is 2.59. The Bertz CT molecular complexity index is 600. The molecule has 0 aliphatic heterocycles. The Morgan fingerprint density at radius 2 is 1.74 bits per heavy atom. The maximum absolute atomic E-state index is 13.9. The first-order valence-electron chi connectivity index (χ1n) is 7.97. The van der Waals surface area contributed by atoms with Gasteiger partial charge in [0.1, 0.15) is 5.82 Å². The van der Waals surface area contributed by atoms with Crippen molar-refractivity contribution in [2.75, 3.05) is 6.54 Å². The van der Waals surface area contributed by atoms with Gasteiger partial charge in [-0.3, -0.25) is 4.90 Å². The molecule has 0 saturated carbocycles. The number of aliphatic hydroxyl groups is 1. The van der Waals surface area contributed by atoms with Crippen LogP contribution < -0.4 is 0 Å². The van der Waals surface area contributed by atoms with E-state index in [1.165, 1.54) is 6.07 Å². The molecule has 0 unspecified atom stereocenters. The Labute approximate surface area is 137 Å². The summed E-state index contributed by atoms with van der Waals surface area (Å²) in [4.78, 5) is 2.08. The summed E-state index contributed by atoms with van der Waals surface area (Å²) in [5, 5.41) is 10.2. The molecule has 1 N–H and O–H groups in total. The smallest absolute Gasteiger partial charge is 0.127 e. The molecule has 0 spiro atoms. The van der Waals surface area contributed by atoms with Gasteiger partial charge in [0.05, 0.1) is 6.10 Å². The second kappa shape index (κ2) is 9.23. The van der Waals surface area contributed by atoms with Crippen LogP contribution in [0.15, 0.2) is 67.3 Å². The van der Waals surface area contributed by atoms with Crippen molar-refractivity contribution in [1.82, 2.24) is 4.90 Å². The van der Waals surface area contributed by atoms with E-state index in [4.69, 9.17) is 0 Å². The topological polar surface area (TPSA) is 23.5 Å². The quantitative estimate of drug-likeness (QED) is 0.703. The molecule has 3 heteroatoms. The lowest BCUT2D eigenvalue weighted by molar-refractivity contribution is 0.0977. The second-order valence-corrected chi connectivity index (χ2v) is 5.77. The number of aliphatic hydroxyl groups excluding tert-OH is 1. The van der Waals surface area contributed by atoms with Gasteiger partial charge in [-0.15, -0.1) is 6.58 Å². The van der Waals surface area contributed by atoms with E-state index in [0.717, 1.165) is 12.0 Å². The molecule has 122 valence electrons. The fourth-order valence-electron chi connectivity index (χ4n) is 2.59. The molecule has 23 heavy (non-hydrogen) atoms. The molecular formula is C20H24FNO. The first-order chi connectivity index (χ1) is 11.2. The summed E-state index contributed by atoms with van der Waals surface area (Å²) >= 11 is 0. The molecule has 0 aliphatic rings. The number of nitrogens with zero attached hydrogens (tertiary/aromatic N) is 1. The number of halogens is 1. The third-order valence-electron chi connectivity index (χ3n) is 3.77. The average molecular weight is 313 g/mol. The van der Waals surface area contributed by atoms with Crippen molar-refractivity contribution in [3.8, 4) is 0 Å². The molecule has 0 aromatic heterocycles. The van der Waals surface area contributed by atoms with E-state index in [2.05, 4.69) is 11.5 Å². The fraction of sp³-hybridized carbons (Fsp3) is 0.300. The Morgan fingerprint density at radius 1 is 1.04 bits per heavy atom. The summed E-state index contributed by atoms with van der Waals surface area (Å²) in [5.74, 6) is -0.203. The molecule has 0 aliphatic carbocycles. The summed E-state index contributed by atoms with van der Waals surface area (Å²) in [5.41, 5.74) is 1.80. The number of rotatable bonds is 9. The molecule has 2 aromatic rings. The standard InChI is InChI=1S/C20H24FNO/c1-2-3-12-19(23)16-22(14-17-9-5-4-6-10-17)15-18-11-7-8-13-20(18)21/h2,4-11,13,19,23H,1,3,12,14-16H2/t19-/m0/s1. The van der Waals surface area contributed by atoms with Crippen molar-refractivity contribution >= 4 is 0 Å². The predicted molar refractivity (Wildman–Crippen MR) is 92.4 cm³/mol. The molecule has 2 nitrogen and oxygen atoms in total. The summed E-state index contributed by atoms with van der Waals surface area (Å²) in [6.07, 6.45) is 2.82. The Balaban J connectivity index is 2.07. The number of hydrogen-bond donors (Lipinski definition) is 1. The van der Waals surface area contributed by atoms with Crippen molar-refractivity contribution in [3.63, 3.8) is 0 Å². The van der Waals surface area contributed by atoms with Crippen molar-refractivity contribution in [1.29, 1.82) is 0 Å². The van der Waals surface area contributed by atoms with Gasteiger partial charge in [-0.1, -0.05) is 54.6 Å². The summed E-state index contributed by atoms with van der Waals surface area (Å²) < 4.78 is 13.9.